The SMILES string of the molecule is CC(C)c1nc(CN(C)C(=O)c2ccc(=O)[nH]c2)no1. The molecular formula is C13H16N4O3. The van der Waals surface area contributed by atoms with Gasteiger partial charge in [0.15, 0.2) is 5.82 Å². The molecule has 0 aliphatic heterocycles. The van der Waals surface area contributed by atoms with Gasteiger partial charge in [0.25, 0.3) is 5.91 Å². The Balaban J connectivity index is 2.07. The first-order chi connectivity index (χ1) is 9.47. The van der Waals surface area contributed by atoms with Crippen molar-refractivity contribution in [3.63, 3.8) is 0 Å². The first-order valence-corrected chi connectivity index (χ1v) is 6.24. The summed E-state index contributed by atoms with van der Waals surface area (Å²) >= 11 is 0. The summed E-state index contributed by atoms with van der Waals surface area (Å²) in [5.41, 5.74) is 0.156. The van der Waals surface area contributed by atoms with Gasteiger partial charge in [0.1, 0.15) is 0 Å². The number of hydrogen-bond acceptors (Lipinski definition) is 5. The second-order valence-corrected chi connectivity index (χ2v) is 4.81. The Morgan fingerprint density at radius 1 is 1.45 bits per heavy atom. The molecule has 2 aromatic rings. The summed E-state index contributed by atoms with van der Waals surface area (Å²) in [4.78, 5) is 31.2. The number of pyridine rings is 1. The average molecular weight is 276 g/mol. The van der Waals surface area contributed by atoms with Crippen molar-refractivity contribution in [3.05, 3.63) is 46.0 Å². The molecule has 0 aromatic carbocycles. The monoisotopic (exact) mass is 276 g/mol. The molecule has 0 radical (unpaired) electrons. The second-order valence-electron chi connectivity index (χ2n) is 4.81. The van der Waals surface area contributed by atoms with Crippen molar-refractivity contribution in [2.75, 3.05) is 7.05 Å². The highest BCUT2D eigenvalue weighted by molar-refractivity contribution is 5.93. The van der Waals surface area contributed by atoms with E-state index in [1.165, 1.54) is 23.2 Å². The van der Waals surface area contributed by atoms with Crippen LogP contribution in [0.3, 0.4) is 0 Å². The van der Waals surface area contributed by atoms with Crippen LogP contribution in [0.5, 0.6) is 0 Å². The lowest BCUT2D eigenvalue weighted by Gasteiger charge is -2.14. The fourth-order valence-corrected chi connectivity index (χ4v) is 1.61. The summed E-state index contributed by atoms with van der Waals surface area (Å²) in [6, 6.07) is 2.79. The highest BCUT2D eigenvalue weighted by atomic mass is 16.5. The third-order valence-electron chi connectivity index (χ3n) is 2.73. The number of rotatable bonds is 4. The topological polar surface area (TPSA) is 92.1 Å². The van der Waals surface area contributed by atoms with Crippen LogP contribution in [0.15, 0.2) is 27.6 Å². The van der Waals surface area contributed by atoms with Gasteiger partial charge >= 0.3 is 0 Å². The third kappa shape index (κ3) is 3.11. The molecule has 106 valence electrons. The Kier molecular flexibility index (Phi) is 3.97. The molecule has 0 saturated carbocycles. The zero-order valence-corrected chi connectivity index (χ0v) is 11.6. The molecule has 0 spiro atoms. The van der Waals surface area contributed by atoms with Crippen molar-refractivity contribution in [1.82, 2.24) is 20.0 Å². The van der Waals surface area contributed by atoms with Crippen molar-refractivity contribution in [2.24, 2.45) is 0 Å². The molecule has 0 bridgehead atoms. The zero-order chi connectivity index (χ0) is 14.7. The molecule has 0 fully saturated rings. The second kappa shape index (κ2) is 5.68. The minimum absolute atomic E-state index is 0.149. The lowest BCUT2D eigenvalue weighted by molar-refractivity contribution is 0.0780. The highest BCUT2D eigenvalue weighted by Crippen LogP contribution is 2.12. The van der Waals surface area contributed by atoms with Crippen LogP contribution in [0.2, 0.25) is 0 Å². The van der Waals surface area contributed by atoms with Gasteiger partial charge in [0.2, 0.25) is 11.4 Å². The third-order valence-corrected chi connectivity index (χ3v) is 2.73. The van der Waals surface area contributed by atoms with E-state index in [0.29, 0.717) is 17.3 Å². The van der Waals surface area contributed by atoms with Gasteiger partial charge in [-0.25, -0.2) is 0 Å². The van der Waals surface area contributed by atoms with Gasteiger partial charge in [-0.3, -0.25) is 9.59 Å². The fourth-order valence-electron chi connectivity index (χ4n) is 1.61. The number of aromatic amines is 1. The quantitative estimate of drug-likeness (QED) is 0.904. The molecule has 2 aromatic heterocycles. The van der Waals surface area contributed by atoms with Crippen LogP contribution in [0.4, 0.5) is 0 Å². The van der Waals surface area contributed by atoms with E-state index in [1.807, 2.05) is 13.8 Å². The maximum absolute atomic E-state index is 12.1. The van der Waals surface area contributed by atoms with Crippen LogP contribution < -0.4 is 5.56 Å². The molecule has 7 nitrogen and oxygen atoms in total. The predicted octanol–water partition coefficient (Wildman–Crippen LogP) is 1.15. The average Bonchev–Trinajstić information content (AvgIpc) is 2.87. The van der Waals surface area contributed by atoms with Crippen molar-refractivity contribution < 1.29 is 9.32 Å². The first kappa shape index (κ1) is 14.0. The van der Waals surface area contributed by atoms with Gasteiger partial charge in [-0.15, -0.1) is 0 Å². The molecule has 0 aliphatic carbocycles. The van der Waals surface area contributed by atoms with Gasteiger partial charge < -0.3 is 14.4 Å². The number of carbonyl (C=O) groups is 1. The van der Waals surface area contributed by atoms with Crippen LogP contribution in [-0.2, 0) is 6.54 Å². The molecular weight excluding hydrogens is 260 g/mol. The lowest BCUT2D eigenvalue weighted by atomic mass is 10.2. The molecule has 0 unspecified atom stereocenters. The number of hydrogen-bond donors (Lipinski definition) is 1. The van der Waals surface area contributed by atoms with E-state index < -0.39 is 0 Å². The lowest BCUT2D eigenvalue weighted by Crippen LogP contribution is -2.27. The van der Waals surface area contributed by atoms with Crippen LogP contribution in [0.1, 0.15) is 41.8 Å². The largest absolute Gasteiger partial charge is 0.339 e. The Labute approximate surface area is 115 Å². The molecule has 7 heteroatoms. The molecule has 1 N–H and O–H groups in total. The fraction of sp³-hybridized carbons (Fsp3) is 0.385. The highest BCUT2D eigenvalue weighted by Gasteiger charge is 2.16. The Hall–Kier alpha value is -2.44. The maximum Gasteiger partial charge on any atom is 0.255 e. The van der Waals surface area contributed by atoms with E-state index in [9.17, 15) is 9.59 Å². The smallest absolute Gasteiger partial charge is 0.255 e. The summed E-state index contributed by atoms with van der Waals surface area (Å²) < 4.78 is 5.08. The van der Waals surface area contributed by atoms with Gasteiger partial charge in [-0.2, -0.15) is 4.98 Å². The molecule has 0 atom stereocenters. The van der Waals surface area contributed by atoms with Crippen LogP contribution in [0, 0.1) is 0 Å². The summed E-state index contributed by atoms with van der Waals surface area (Å²) in [7, 11) is 1.64. The first-order valence-electron chi connectivity index (χ1n) is 6.24. The van der Waals surface area contributed by atoms with Crippen molar-refractivity contribution in [3.8, 4) is 0 Å². The summed E-state index contributed by atoms with van der Waals surface area (Å²) in [6.45, 7) is 4.15. The number of H-pyrrole nitrogens is 1. The normalized spacial score (nSPS) is 10.8. The van der Waals surface area contributed by atoms with Gasteiger partial charge in [-0.05, 0) is 6.07 Å². The molecule has 20 heavy (non-hydrogen) atoms. The van der Waals surface area contributed by atoms with Crippen LogP contribution in [0.25, 0.3) is 0 Å². The number of aromatic nitrogens is 3. The van der Waals surface area contributed by atoms with E-state index in [-0.39, 0.29) is 23.9 Å². The number of nitrogens with zero attached hydrogens (tertiary/aromatic N) is 3. The van der Waals surface area contributed by atoms with E-state index in [1.54, 1.807) is 7.05 Å². The minimum atomic E-state index is -0.246. The van der Waals surface area contributed by atoms with E-state index in [0.717, 1.165) is 0 Å². The van der Waals surface area contributed by atoms with Crippen LogP contribution in [-0.4, -0.2) is 33.0 Å². The summed E-state index contributed by atoms with van der Waals surface area (Å²) in [5.74, 6) is 0.924. The standard InChI is InChI=1S/C13H16N4O3/c1-8(2)12-15-10(16-20-12)7-17(3)13(19)9-4-5-11(18)14-6-9/h4-6,8H,7H2,1-3H3,(H,14,18). The number of amides is 1. The molecule has 0 aliphatic rings. The molecule has 1 amide bonds. The molecule has 2 rings (SSSR count). The zero-order valence-electron chi connectivity index (χ0n) is 11.6. The summed E-state index contributed by atoms with van der Waals surface area (Å²) in [6.07, 6.45) is 1.39. The number of nitrogens with one attached hydrogen (secondary N) is 1. The maximum atomic E-state index is 12.1. The van der Waals surface area contributed by atoms with Gasteiger partial charge in [-0.1, -0.05) is 19.0 Å². The summed E-state index contributed by atoms with van der Waals surface area (Å²) in [5, 5.41) is 3.83. The van der Waals surface area contributed by atoms with Gasteiger partial charge in [0.05, 0.1) is 12.1 Å². The number of carbonyl (C=O) groups excluding carboxylic acids is 1. The van der Waals surface area contributed by atoms with Crippen molar-refractivity contribution in [1.29, 1.82) is 0 Å². The Morgan fingerprint density at radius 3 is 2.75 bits per heavy atom. The Bertz CT molecular complexity index is 639. The van der Waals surface area contributed by atoms with Crippen molar-refractivity contribution >= 4 is 5.91 Å². The minimum Gasteiger partial charge on any atom is -0.339 e. The predicted molar refractivity (Wildman–Crippen MR) is 71.2 cm³/mol. The van der Waals surface area contributed by atoms with E-state index >= 15 is 0 Å². The van der Waals surface area contributed by atoms with Gasteiger partial charge in [0, 0.05) is 25.2 Å². The molecule has 2 heterocycles. The Morgan fingerprint density at radius 2 is 2.20 bits per heavy atom. The van der Waals surface area contributed by atoms with Crippen molar-refractivity contribution in [2.45, 2.75) is 26.3 Å². The van der Waals surface area contributed by atoms with E-state index in [2.05, 4.69) is 15.1 Å². The van der Waals surface area contributed by atoms with E-state index in [4.69, 9.17) is 4.52 Å². The van der Waals surface area contributed by atoms with Crippen LogP contribution >= 0.6 is 0 Å². The molecule has 0 saturated heterocycles.